The van der Waals surface area contributed by atoms with E-state index in [1.807, 2.05) is 13.8 Å². The van der Waals surface area contributed by atoms with Gasteiger partial charge in [-0.1, -0.05) is 34.6 Å². The van der Waals surface area contributed by atoms with Gasteiger partial charge in [-0.05, 0) is 39.1 Å². The van der Waals surface area contributed by atoms with Crippen LogP contribution in [0, 0.1) is 0 Å². The fourth-order valence-electron chi connectivity index (χ4n) is 2.43. The molecule has 0 bridgehead atoms. The van der Waals surface area contributed by atoms with Crippen molar-refractivity contribution in [2.75, 3.05) is 46.4 Å². The molecule has 0 amide bonds. The molecule has 0 fully saturated rings. The van der Waals surface area contributed by atoms with E-state index in [0.29, 0.717) is 6.54 Å². The Morgan fingerprint density at radius 3 is 2.00 bits per heavy atom. The van der Waals surface area contributed by atoms with Crippen molar-refractivity contribution in [3.63, 3.8) is 0 Å². The minimum atomic E-state index is -0.247. The highest BCUT2D eigenvalue weighted by molar-refractivity contribution is 5.75. The molecule has 1 N–H and O–H groups in total. The monoisotopic (exact) mass is 301 g/mol. The molecule has 5 nitrogen and oxygen atoms in total. The van der Waals surface area contributed by atoms with Crippen molar-refractivity contribution in [3.05, 3.63) is 0 Å². The van der Waals surface area contributed by atoms with Crippen molar-refractivity contribution >= 4 is 5.97 Å². The summed E-state index contributed by atoms with van der Waals surface area (Å²) >= 11 is 0. The number of methoxy groups -OCH3 is 1. The molecule has 0 aromatic carbocycles. The second-order valence-corrected chi connectivity index (χ2v) is 5.67. The van der Waals surface area contributed by atoms with E-state index in [0.717, 1.165) is 39.1 Å². The highest BCUT2D eigenvalue weighted by atomic mass is 16.5. The Morgan fingerprint density at radius 2 is 1.57 bits per heavy atom. The Bertz CT molecular complexity index is 268. The second kappa shape index (κ2) is 12.0. The van der Waals surface area contributed by atoms with Crippen molar-refractivity contribution in [2.24, 2.45) is 0 Å². The van der Waals surface area contributed by atoms with Crippen LogP contribution in [0.5, 0.6) is 0 Å². The van der Waals surface area contributed by atoms with Crippen LogP contribution in [0.15, 0.2) is 0 Å². The van der Waals surface area contributed by atoms with E-state index in [9.17, 15) is 4.79 Å². The van der Waals surface area contributed by atoms with Gasteiger partial charge in [0, 0.05) is 12.6 Å². The highest BCUT2D eigenvalue weighted by Crippen LogP contribution is 2.00. The normalized spacial score (nSPS) is 13.2. The van der Waals surface area contributed by atoms with E-state index < -0.39 is 0 Å². The number of nitrogens with one attached hydrogen (secondary N) is 1. The van der Waals surface area contributed by atoms with Gasteiger partial charge in [-0.25, -0.2) is 0 Å². The Balaban J connectivity index is 4.32. The summed E-state index contributed by atoms with van der Waals surface area (Å²) in [5.74, 6) is -0.175. The summed E-state index contributed by atoms with van der Waals surface area (Å²) < 4.78 is 4.90. The lowest BCUT2D eigenvalue weighted by Gasteiger charge is -2.28. The van der Waals surface area contributed by atoms with Crippen LogP contribution >= 0.6 is 0 Å². The molecule has 0 aromatic rings. The molecule has 0 heterocycles. The van der Waals surface area contributed by atoms with Gasteiger partial charge in [-0.15, -0.1) is 0 Å². The number of hydrogen-bond acceptors (Lipinski definition) is 5. The fraction of sp³-hybridized carbons (Fsp3) is 0.938. The number of rotatable bonds is 12. The lowest BCUT2D eigenvalue weighted by molar-refractivity contribution is -0.143. The number of carbonyl (C=O) groups excluding carboxylic acids is 1. The minimum Gasteiger partial charge on any atom is -0.468 e. The summed E-state index contributed by atoms with van der Waals surface area (Å²) in [5, 5.41) is 3.29. The average molecular weight is 301 g/mol. The molecule has 0 aliphatic rings. The molecule has 1 unspecified atom stereocenters. The minimum absolute atomic E-state index is 0.175. The van der Waals surface area contributed by atoms with Gasteiger partial charge < -0.3 is 19.9 Å². The number of ether oxygens (including phenoxy) is 1. The van der Waals surface area contributed by atoms with Crippen LogP contribution in [-0.4, -0.2) is 74.2 Å². The zero-order valence-corrected chi connectivity index (χ0v) is 14.8. The largest absolute Gasteiger partial charge is 0.468 e. The molecule has 21 heavy (non-hydrogen) atoms. The summed E-state index contributed by atoms with van der Waals surface area (Å²) in [6.07, 6.45) is 1.13. The van der Waals surface area contributed by atoms with Crippen molar-refractivity contribution in [1.29, 1.82) is 0 Å². The SMILES string of the molecule is CCN(CC)CCCN(CC)CC(NC(C)C)C(=O)OC. The Kier molecular flexibility index (Phi) is 11.6. The van der Waals surface area contributed by atoms with Gasteiger partial charge in [0.25, 0.3) is 0 Å². The maximum absolute atomic E-state index is 11.9. The number of carbonyl (C=O) groups is 1. The lowest BCUT2D eigenvalue weighted by Crippen LogP contribution is -2.49. The molecule has 0 spiro atoms. The van der Waals surface area contributed by atoms with E-state index in [-0.39, 0.29) is 18.1 Å². The van der Waals surface area contributed by atoms with Crippen molar-refractivity contribution in [3.8, 4) is 0 Å². The second-order valence-electron chi connectivity index (χ2n) is 5.67. The van der Waals surface area contributed by atoms with Gasteiger partial charge >= 0.3 is 5.97 Å². The maximum Gasteiger partial charge on any atom is 0.324 e. The number of hydrogen-bond donors (Lipinski definition) is 1. The fourth-order valence-corrected chi connectivity index (χ4v) is 2.43. The number of nitrogens with zero attached hydrogens (tertiary/aromatic N) is 2. The van der Waals surface area contributed by atoms with Crippen LogP contribution in [0.3, 0.4) is 0 Å². The molecule has 0 saturated heterocycles. The molecule has 0 radical (unpaired) electrons. The first kappa shape index (κ1) is 20.3. The van der Waals surface area contributed by atoms with Gasteiger partial charge in [-0.3, -0.25) is 4.79 Å². The molecule has 1 atom stereocenters. The third-order valence-electron chi connectivity index (χ3n) is 3.75. The Labute approximate surface area is 131 Å². The third kappa shape index (κ3) is 9.06. The average Bonchev–Trinajstić information content (AvgIpc) is 2.48. The summed E-state index contributed by atoms with van der Waals surface area (Å²) in [6.45, 7) is 16.6. The van der Waals surface area contributed by atoms with Crippen molar-refractivity contribution in [1.82, 2.24) is 15.1 Å². The predicted molar refractivity (Wildman–Crippen MR) is 88.6 cm³/mol. The Morgan fingerprint density at radius 1 is 1.05 bits per heavy atom. The highest BCUT2D eigenvalue weighted by Gasteiger charge is 2.22. The van der Waals surface area contributed by atoms with Gasteiger partial charge in [0.2, 0.25) is 0 Å². The first-order chi connectivity index (χ1) is 9.98. The molecule has 0 saturated carbocycles. The predicted octanol–water partition coefficient (Wildman–Crippen LogP) is 1.58. The van der Waals surface area contributed by atoms with Crippen molar-refractivity contribution in [2.45, 2.75) is 53.1 Å². The first-order valence-electron chi connectivity index (χ1n) is 8.26. The number of esters is 1. The van der Waals surface area contributed by atoms with E-state index in [1.165, 1.54) is 7.11 Å². The van der Waals surface area contributed by atoms with Crippen molar-refractivity contribution < 1.29 is 9.53 Å². The molecular weight excluding hydrogens is 266 g/mol. The summed E-state index contributed by atoms with van der Waals surface area (Å²) in [5.41, 5.74) is 0. The lowest BCUT2D eigenvalue weighted by atomic mass is 10.2. The summed E-state index contributed by atoms with van der Waals surface area (Å²) in [6, 6.07) is 0.0203. The molecule has 0 aromatic heterocycles. The zero-order chi connectivity index (χ0) is 16.3. The molecule has 0 rings (SSSR count). The van der Waals surface area contributed by atoms with Gasteiger partial charge in [-0.2, -0.15) is 0 Å². The Hall–Kier alpha value is -0.650. The van der Waals surface area contributed by atoms with Crippen LogP contribution < -0.4 is 5.32 Å². The topological polar surface area (TPSA) is 44.8 Å². The van der Waals surface area contributed by atoms with E-state index in [4.69, 9.17) is 4.74 Å². The van der Waals surface area contributed by atoms with Crippen LogP contribution in [0.1, 0.15) is 41.0 Å². The van der Waals surface area contributed by atoms with Crippen LogP contribution in [0.2, 0.25) is 0 Å². The molecule has 0 aliphatic carbocycles. The molecule has 5 heteroatoms. The van der Waals surface area contributed by atoms with Crippen LogP contribution in [0.4, 0.5) is 0 Å². The molecular formula is C16H35N3O2. The van der Waals surface area contributed by atoms with Crippen LogP contribution in [0.25, 0.3) is 0 Å². The van der Waals surface area contributed by atoms with E-state index >= 15 is 0 Å². The molecule has 0 aliphatic heterocycles. The van der Waals surface area contributed by atoms with E-state index in [1.54, 1.807) is 0 Å². The smallest absolute Gasteiger partial charge is 0.324 e. The summed E-state index contributed by atoms with van der Waals surface area (Å²) in [4.78, 5) is 16.6. The summed E-state index contributed by atoms with van der Waals surface area (Å²) in [7, 11) is 1.45. The quantitative estimate of drug-likeness (QED) is 0.555. The molecule has 126 valence electrons. The van der Waals surface area contributed by atoms with Gasteiger partial charge in [0.1, 0.15) is 6.04 Å². The third-order valence-corrected chi connectivity index (χ3v) is 3.75. The number of likely N-dealkylation sites (N-methyl/N-ethyl adjacent to an activating group) is 1. The van der Waals surface area contributed by atoms with E-state index in [2.05, 4.69) is 35.9 Å². The van der Waals surface area contributed by atoms with Gasteiger partial charge in [0.05, 0.1) is 7.11 Å². The van der Waals surface area contributed by atoms with Crippen LogP contribution in [-0.2, 0) is 9.53 Å². The zero-order valence-electron chi connectivity index (χ0n) is 14.8. The van der Waals surface area contributed by atoms with Gasteiger partial charge in [0.15, 0.2) is 0 Å². The maximum atomic E-state index is 11.9. The standard InChI is InChI=1S/C16H35N3O2/c1-7-18(8-2)11-10-12-19(9-3)13-15(16(20)21-6)17-14(4)5/h14-15,17H,7-13H2,1-6H3. The first-order valence-corrected chi connectivity index (χ1v) is 8.26.